The van der Waals surface area contributed by atoms with Crippen molar-refractivity contribution in [2.24, 2.45) is 5.41 Å². The molecule has 1 atom stereocenters. The van der Waals surface area contributed by atoms with Crippen molar-refractivity contribution in [3.63, 3.8) is 0 Å². The summed E-state index contributed by atoms with van der Waals surface area (Å²) in [6.45, 7) is 1.80. The number of hydrogen-bond donors (Lipinski definition) is 3. The largest absolute Gasteiger partial charge is 0.481 e. The van der Waals surface area contributed by atoms with Crippen molar-refractivity contribution in [3.05, 3.63) is 24.2 Å². The molecule has 7 heteroatoms. The fraction of sp³-hybridized carbons (Fsp3) is 0.533. The van der Waals surface area contributed by atoms with Crippen LogP contribution < -0.4 is 10.6 Å². The summed E-state index contributed by atoms with van der Waals surface area (Å²) in [5.41, 5.74) is -0.950. The van der Waals surface area contributed by atoms with E-state index in [1.165, 1.54) is 6.26 Å². The minimum Gasteiger partial charge on any atom is -0.481 e. The van der Waals surface area contributed by atoms with Crippen LogP contribution in [-0.2, 0) is 20.9 Å². The van der Waals surface area contributed by atoms with Gasteiger partial charge in [-0.25, -0.2) is 0 Å². The van der Waals surface area contributed by atoms with E-state index < -0.39 is 23.3 Å². The van der Waals surface area contributed by atoms with Gasteiger partial charge in [-0.2, -0.15) is 0 Å². The van der Waals surface area contributed by atoms with Crippen molar-refractivity contribution >= 4 is 17.8 Å². The third kappa shape index (κ3) is 3.66. The van der Waals surface area contributed by atoms with E-state index in [1.807, 2.05) is 0 Å². The Morgan fingerprint density at radius 3 is 2.64 bits per heavy atom. The van der Waals surface area contributed by atoms with Crippen LogP contribution in [0.5, 0.6) is 0 Å². The predicted octanol–water partition coefficient (Wildman–Crippen LogP) is 1.05. The third-order valence-electron chi connectivity index (χ3n) is 4.05. The van der Waals surface area contributed by atoms with Gasteiger partial charge in [-0.15, -0.1) is 0 Å². The van der Waals surface area contributed by atoms with Gasteiger partial charge in [0.2, 0.25) is 11.8 Å². The Morgan fingerprint density at radius 1 is 1.41 bits per heavy atom. The summed E-state index contributed by atoms with van der Waals surface area (Å²) in [6.07, 6.45) is 3.26. The molecule has 120 valence electrons. The average molecular weight is 308 g/mol. The number of furan rings is 1. The maximum Gasteiger partial charge on any atom is 0.310 e. The second kappa shape index (κ2) is 6.64. The van der Waals surface area contributed by atoms with Crippen LogP contribution in [0.15, 0.2) is 22.8 Å². The molecule has 1 aromatic rings. The highest BCUT2D eigenvalue weighted by atomic mass is 16.4. The molecular formula is C15H20N2O5. The molecule has 1 aromatic heterocycles. The number of aliphatic carboxylic acids is 1. The molecule has 0 aromatic carbocycles. The first-order chi connectivity index (χ1) is 10.4. The zero-order valence-corrected chi connectivity index (χ0v) is 12.4. The molecule has 0 saturated heterocycles. The molecule has 7 nitrogen and oxygen atoms in total. The zero-order chi connectivity index (χ0) is 16.2. The van der Waals surface area contributed by atoms with Crippen LogP contribution in [-0.4, -0.2) is 28.9 Å². The van der Waals surface area contributed by atoms with Gasteiger partial charge < -0.3 is 20.2 Å². The Kier molecular flexibility index (Phi) is 4.85. The number of carboxylic acids is 1. The molecule has 1 aliphatic rings. The molecule has 0 spiro atoms. The van der Waals surface area contributed by atoms with Gasteiger partial charge >= 0.3 is 5.97 Å². The lowest BCUT2D eigenvalue weighted by atomic mass is 9.66. The lowest BCUT2D eigenvalue weighted by molar-refractivity contribution is -0.157. The average Bonchev–Trinajstić information content (AvgIpc) is 2.92. The van der Waals surface area contributed by atoms with Gasteiger partial charge in [0.05, 0.1) is 18.2 Å². The van der Waals surface area contributed by atoms with Crippen molar-refractivity contribution < 1.29 is 23.9 Å². The molecule has 1 heterocycles. The van der Waals surface area contributed by atoms with E-state index in [4.69, 9.17) is 4.42 Å². The summed E-state index contributed by atoms with van der Waals surface area (Å²) in [5.74, 6) is -1.08. The molecular weight excluding hydrogens is 288 g/mol. The van der Waals surface area contributed by atoms with Crippen molar-refractivity contribution in [2.75, 3.05) is 0 Å². The summed E-state index contributed by atoms with van der Waals surface area (Å²) in [7, 11) is 0. The number of rotatable bonds is 7. The fourth-order valence-electron chi connectivity index (χ4n) is 2.48. The number of carboxylic acid groups (broad SMARTS) is 1. The summed E-state index contributed by atoms with van der Waals surface area (Å²) in [6, 6.07) is 2.72. The van der Waals surface area contributed by atoms with Gasteiger partial charge in [-0.3, -0.25) is 14.4 Å². The number of nitrogens with one attached hydrogen (secondary N) is 2. The normalized spacial score (nSPS) is 17.1. The number of amides is 2. The Morgan fingerprint density at radius 2 is 2.14 bits per heavy atom. The van der Waals surface area contributed by atoms with Crippen molar-refractivity contribution in [3.8, 4) is 0 Å². The first-order valence-corrected chi connectivity index (χ1v) is 7.26. The minimum atomic E-state index is -0.950. The first kappa shape index (κ1) is 16.1. The van der Waals surface area contributed by atoms with E-state index in [2.05, 4.69) is 10.6 Å². The van der Waals surface area contributed by atoms with Crippen molar-refractivity contribution in [1.29, 1.82) is 0 Å². The molecule has 1 aliphatic carbocycles. The standard InChI is InChI=1S/C15H20N2O5/c1-10(13(19)16-9-11-4-2-7-22-11)17-12(18)8-15(14(20)21)5-3-6-15/h2,4,7,10H,3,5-6,8-9H2,1H3,(H,16,19)(H,17,18)(H,20,21). The second-order valence-corrected chi connectivity index (χ2v) is 5.70. The van der Waals surface area contributed by atoms with Crippen LogP contribution in [0.25, 0.3) is 0 Å². The molecule has 2 amide bonds. The second-order valence-electron chi connectivity index (χ2n) is 5.70. The highest BCUT2D eigenvalue weighted by Crippen LogP contribution is 2.44. The van der Waals surface area contributed by atoms with Crippen LogP contribution in [0.2, 0.25) is 0 Å². The molecule has 0 aliphatic heterocycles. The molecule has 1 unspecified atom stereocenters. The number of carbonyl (C=O) groups excluding carboxylic acids is 2. The summed E-state index contributed by atoms with van der Waals surface area (Å²) in [5, 5.41) is 14.4. The Hall–Kier alpha value is -2.31. The molecule has 1 fully saturated rings. The number of carbonyl (C=O) groups is 3. The van der Waals surface area contributed by atoms with Gasteiger partial charge in [0.1, 0.15) is 11.8 Å². The highest BCUT2D eigenvalue weighted by Gasteiger charge is 2.46. The molecule has 1 saturated carbocycles. The van der Waals surface area contributed by atoms with Gasteiger partial charge in [0.15, 0.2) is 0 Å². The Balaban J connectivity index is 1.78. The van der Waals surface area contributed by atoms with E-state index in [0.29, 0.717) is 18.6 Å². The van der Waals surface area contributed by atoms with Gasteiger partial charge in [0.25, 0.3) is 0 Å². The maximum atomic E-state index is 11.9. The SMILES string of the molecule is CC(NC(=O)CC1(C(=O)O)CCC1)C(=O)NCc1ccco1. The molecule has 2 rings (SSSR count). The van der Waals surface area contributed by atoms with E-state index in [-0.39, 0.29) is 18.9 Å². The zero-order valence-electron chi connectivity index (χ0n) is 12.4. The lowest BCUT2D eigenvalue weighted by Crippen LogP contribution is -2.48. The van der Waals surface area contributed by atoms with E-state index in [0.717, 1.165) is 6.42 Å². The minimum absolute atomic E-state index is 0.0852. The third-order valence-corrected chi connectivity index (χ3v) is 4.05. The van der Waals surface area contributed by atoms with Crippen LogP contribution in [0.4, 0.5) is 0 Å². The summed E-state index contributed by atoms with van der Waals surface area (Å²) >= 11 is 0. The van der Waals surface area contributed by atoms with Crippen LogP contribution in [0.1, 0.15) is 38.4 Å². The first-order valence-electron chi connectivity index (χ1n) is 7.26. The van der Waals surface area contributed by atoms with Crippen LogP contribution >= 0.6 is 0 Å². The van der Waals surface area contributed by atoms with E-state index >= 15 is 0 Å². The van der Waals surface area contributed by atoms with E-state index in [9.17, 15) is 19.5 Å². The predicted molar refractivity (Wildman–Crippen MR) is 76.7 cm³/mol. The van der Waals surface area contributed by atoms with Gasteiger partial charge in [-0.05, 0) is 31.9 Å². The quantitative estimate of drug-likeness (QED) is 0.697. The maximum absolute atomic E-state index is 11.9. The molecule has 0 bridgehead atoms. The summed E-state index contributed by atoms with van der Waals surface area (Å²) < 4.78 is 5.09. The van der Waals surface area contributed by atoms with E-state index in [1.54, 1.807) is 19.1 Å². The highest BCUT2D eigenvalue weighted by molar-refractivity contribution is 5.90. The monoisotopic (exact) mass is 308 g/mol. The van der Waals surface area contributed by atoms with Gasteiger partial charge in [0, 0.05) is 6.42 Å². The van der Waals surface area contributed by atoms with Crippen LogP contribution in [0.3, 0.4) is 0 Å². The summed E-state index contributed by atoms with van der Waals surface area (Å²) in [4.78, 5) is 35.0. The molecule has 0 radical (unpaired) electrons. The van der Waals surface area contributed by atoms with Crippen molar-refractivity contribution in [1.82, 2.24) is 10.6 Å². The van der Waals surface area contributed by atoms with Gasteiger partial charge in [-0.1, -0.05) is 6.42 Å². The topological polar surface area (TPSA) is 109 Å². The Labute approximate surface area is 128 Å². The number of hydrogen-bond acceptors (Lipinski definition) is 4. The molecule has 22 heavy (non-hydrogen) atoms. The molecule has 3 N–H and O–H groups in total. The fourth-order valence-corrected chi connectivity index (χ4v) is 2.48. The smallest absolute Gasteiger partial charge is 0.310 e. The van der Waals surface area contributed by atoms with Crippen molar-refractivity contribution in [2.45, 2.75) is 45.2 Å². The lowest BCUT2D eigenvalue weighted by Gasteiger charge is -2.37. The Bertz CT molecular complexity index is 548. The van der Waals surface area contributed by atoms with Crippen LogP contribution in [0, 0.1) is 5.41 Å².